The van der Waals surface area contributed by atoms with Crippen molar-refractivity contribution in [2.75, 3.05) is 5.32 Å². The summed E-state index contributed by atoms with van der Waals surface area (Å²) < 4.78 is 63.5. The lowest BCUT2D eigenvalue weighted by Gasteiger charge is -2.10. The van der Waals surface area contributed by atoms with Gasteiger partial charge in [0.05, 0.1) is 6.20 Å². The number of hydrogen-bond acceptors (Lipinski definition) is 7. The van der Waals surface area contributed by atoms with E-state index in [1.165, 1.54) is 11.3 Å². The molecule has 1 heterocycles. The molecule has 43 heavy (non-hydrogen) atoms. The highest BCUT2D eigenvalue weighted by Crippen LogP contribution is 2.26. The van der Waals surface area contributed by atoms with Gasteiger partial charge < -0.3 is 26.2 Å². The smallest absolute Gasteiger partial charge is 0.475 e. The van der Waals surface area contributed by atoms with Crippen LogP contribution >= 0.6 is 11.3 Å². The number of carboxylic acids is 2. The first kappa shape index (κ1) is 34.5. The maximum atomic E-state index is 12.4. The van der Waals surface area contributed by atoms with Crippen molar-refractivity contribution in [2.24, 2.45) is 0 Å². The molecule has 5 N–H and O–H groups in total. The molecule has 0 atom stereocenters. The van der Waals surface area contributed by atoms with Crippen LogP contribution < -0.4 is 16.0 Å². The Morgan fingerprint density at radius 2 is 1.47 bits per heavy atom. The molecule has 2 aromatic carbocycles. The highest BCUT2D eigenvalue weighted by Gasteiger charge is 2.38. The number of anilines is 2. The maximum Gasteiger partial charge on any atom is 0.490 e. The molecule has 1 aromatic heterocycles. The second kappa shape index (κ2) is 15.0. The topological polar surface area (TPSA) is 158 Å². The van der Waals surface area contributed by atoms with Crippen LogP contribution in [0.25, 0.3) is 0 Å². The number of nitrogens with zero attached hydrogens (tertiary/aromatic N) is 1. The van der Waals surface area contributed by atoms with Gasteiger partial charge in [-0.05, 0) is 43.0 Å². The lowest BCUT2D eigenvalue weighted by molar-refractivity contribution is -0.193. The van der Waals surface area contributed by atoms with Gasteiger partial charge in [-0.1, -0.05) is 47.7 Å². The zero-order valence-corrected chi connectivity index (χ0v) is 22.9. The van der Waals surface area contributed by atoms with E-state index in [0.717, 1.165) is 29.7 Å². The molecule has 0 unspecified atom stereocenters. The average Bonchev–Trinajstić information content (AvgIpc) is 3.62. The molecule has 0 aliphatic heterocycles. The van der Waals surface area contributed by atoms with Crippen molar-refractivity contribution < 1.29 is 55.7 Å². The van der Waals surface area contributed by atoms with Crippen LogP contribution in [0.3, 0.4) is 0 Å². The number of halogens is 6. The van der Waals surface area contributed by atoms with Gasteiger partial charge in [-0.2, -0.15) is 26.3 Å². The zero-order valence-electron chi connectivity index (χ0n) is 22.0. The molecule has 0 saturated heterocycles. The minimum atomic E-state index is -5.08. The number of carboxylic acid groups (broad SMARTS) is 2. The van der Waals surface area contributed by atoms with Crippen molar-refractivity contribution in [1.29, 1.82) is 0 Å². The summed E-state index contributed by atoms with van der Waals surface area (Å²) in [5.41, 5.74) is 3.46. The summed E-state index contributed by atoms with van der Waals surface area (Å²) in [6.45, 7) is 2.43. The number of aliphatic carboxylic acids is 2. The molecule has 0 radical (unpaired) electrons. The van der Waals surface area contributed by atoms with Crippen LogP contribution in [0.1, 0.15) is 44.0 Å². The lowest BCUT2D eigenvalue weighted by Crippen LogP contribution is -2.25. The van der Waals surface area contributed by atoms with Crippen LogP contribution in [-0.4, -0.2) is 57.3 Å². The predicted molar refractivity (Wildman–Crippen MR) is 142 cm³/mol. The van der Waals surface area contributed by atoms with Crippen molar-refractivity contribution in [3.05, 3.63) is 76.3 Å². The molecule has 1 fully saturated rings. The van der Waals surface area contributed by atoms with E-state index in [2.05, 4.69) is 20.9 Å². The van der Waals surface area contributed by atoms with E-state index in [0.29, 0.717) is 28.2 Å². The average molecular weight is 635 g/mol. The summed E-state index contributed by atoms with van der Waals surface area (Å²) in [5, 5.41) is 24.0. The van der Waals surface area contributed by atoms with Gasteiger partial charge in [-0.3, -0.25) is 9.59 Å². The Morgan fingerprint density at radius 3 is 1.98 bits per heavy atom. The number of carbonyl (C=O) groups excluding carboxylic acids is 2. The van der Waals surface area contributed by atoms with Crippen LogP contribution in [0.15, 0.2) is 54.7 Å². The van der Waals surface area contributed by atoms with E-state index in [1.807, 2.05) is 55.5 Å². The number of carbonyl (C=O) groups is 4. The number of nitrogens with one attached hydrogen (secondary N) is 3. The molecular formula is C26H24F6N4O6S. The van der Waals surface area contributed by atoms with Crippen molar-refractivity contribution in [2.45, 2.75) is 44.7 Å². The molecule has 1 saturated carbocycles. The van der Waals surface area contributed by atoms with Gasteiger partial charge in [0.25, 0.3) is 11.8 Å². The van der Waals surface area contributed by atoms with Crippen LogP contribution in [-0.2, 0) is 16.1 Å². The van der Waals surface area contributed by atoms with Gasteiger partial charge in [0.1, 0.15) is 4.88 Å². The quantitative estimate of drug-likeness (QED) is 0.220. The van der Waals surface area contributed by atoms with E-state index in [-0.39, 0.29) is 11.8 Å². The number of aromatic nitrogens is 1. The van der Waals surface area contributed by atoms with Gasteiger partial charge in [0.15, 0.2) is 5.13 Å². The number of amides is 2. The van der Waals surface area contributed by atoms with Crippen LogP contribution in [0.2, 0.25) is 0 Å². The van der Waals surface area contributed by atoms with Crippen molar-refractivity contribution in [3.63, 3.8) is 0 Å². The number of hydrogen-bond donors (Lipinski definition) is 5. The summed E-state index contributed by atoms with van der Waals surface area (Å²) >= 11 is 1.28. The lowest BCUT2D eigenvalue weighted by atomic mass is 10.1. The third kappa shape index (κ3) is 12.4. The number of rotatable bonds is 7. The van der Waals surface area contributed by atoms with Crippen LogP contribution in [0.4, 0.5) is 37.2 Å². The van der Waals surface area contributed by atoms with Crippen LogP contribution in [0.5, 0.6) is 0 Å². The molecule has 0 bridgehead atoms. The Balaban J connectivity index is 0.000000384. The molecule has 3 aromatic rings. The molecule has 2 amide bonds. The first-order valence-electron chi connectivity index (χ1n) is 12.0. The highest BCUT2D eigenvalue weighted by molar-refractivity contribution is 7.17. The molecule has 1 aliphatic rings. The molecule has 0 spiro atoms. The molecule has 232 valence electrons. The first-order valence-corrected chi connectivity index (χ1v) is 12.9. The third-order valence-corrected chi connectivity index (χ3v) is 6.08. The number of benzene rings is 2. The van der Waals surface area contributed by atoms with Gasteiger partial charge >= 0.3 is 24.3 Å². The monoisotopic (exact) mass is 634 g/mol. The largest absolute Gasteiger partial charge is 0.490 e. The number of alkyl halides is 6. The summed E-state index contributed by atoms with van der Waals surface area (Å²) in [7, 11) is 0. The summed E-state index contributed by atoms with van der Waals surface area (Å²) in [4.78, 5) is 47.3. The fourth-order valence-corrected chi connectivity index (χ4v) is 3.56. The zero-order chi connectivity index (χ0) is 32.4. The van der Waals surface area contributed by atoms with Crippen molar-refractivity contribution in [3.8, 4) is 0 Å². The van der Waals surface area contributed by atoms with Gasteiger partial charge in [0, 0.05) is 23.8 Å². The molecule has 17 heteroatoms. The Kier molecular flexibility index (Phi) is 12.0. The van der Waals surface area contributed by atoms with E-state index in [1.54, 1.807) is 6.20 Å². The Hall–Kier alpha value is -4.67. The summed E-state index contributed by atoms with van der Waals surface area (Å²) in [5.74, 6) is -5.73. The first-order chi connectivity index (χ1) is 20.0. The second-order valence-electron chi connectivity index (χ2n) is 8.71. The second-order valence-corrected chi connectivity index (χ2v) is 9.74. The maximum absolute atomic E-state index is 12.4. The molecule has 1 aliphatic carbocycles. The van der Waals surface area contributed by atoms with Gasteiger partial charge in [-0.25, -0.2) is 14.6 Å². The minimum absolute atomic E-state index is 0.0596. The Bertz CT molecular complexity index is 1400. The standard InChI is InChI=1S/C22H22N4O2S.2C2HF3O2/c1-14-7-8-16(20(27)25-17-9-10-17)11-18(14)26-22-24-13-19(29-22)21(28)23-12-15-5-3-2-4-6-15;2*3-2(4,5)1(6)7/h2-8,11,13,17H,9-10,12H2,1H3,(H,23,28)(H,24,26)(H,25,27);2*(H,6,7). The number of aryl methyl sites for hydroxylation is 1. The van der Waals surface area contributed by atoms with Gasteiger partial charge in [-0.15, -0.1) is 0 Å². The normalized spacial score (nSPS) is 12.4. The van der Waals surface area contributed by atoms with Gasteiger partial charge in [0.2, 0.25) is 0 Å². The predicted octanol–water partition coefficient (Wildman–Crippen LogP) is 5.28. The summed E-state index contributed by atoms with van der Waals surface area (Å²) in [6, 6.07) is 15.6. The minimum Gasteiger partial charge on any atom is -0.475 e. The molecule has 10 nitrogen and oxygen atoms in total. The number of thiazole rings is 1. The van der Waals surface area contributed by atoms with E-state index in [9.17, 15) is 35.9 Å². The Labute approximate surface area is 243 Å². The Morgan fingerprint density at radius 1 is 0.907 bits per heavy atom. The van der Waals surface area contributed by atoms with E-state index >= 15 is 0 Å². The van der Waals surface area contributed by atoms with E-state index < -0.39 is 24.3 Å². The van der Waals surface area contributed by atoms with Crippen molar-refractivity contribution >= 4 is 45.9 Å². The SMILES string of the molecule is Cc1ccc(C(=O)NC2CC2)cc1Nc1ncc(C(=O)NCc2ccccc2)s1.O=C(O)C(F)(F)F.O=C(O)C(F)(F)F. The molecular weight excluding hydrogens is 610 g/mol. The van der Waals surface area contributed by atoms with Crippen molar-refractivity contribution in [1.82, 2.24) is 15.6 Å². The summed E-state index contributed by atoms with van der Waals surface area (Å²) in [6.07, 6.45) is -6.50. The fourth-order valence-electron chi connectivity index (χ4n) is 2.81. The fraction of sp³-hybridized carbons (Fsp3) is 0.269. The highest BCUT2D eigenvalue weighted by atomic mass is 32.1. The molecule has 4 rings (SSSR count). The van der Waals surface area contributed by atoms with Crippen LogP contribution in [0, 0.1) is 6.92 Å². The van der Waals surface area contributed by atoms with E-state index in [4.69, 9.17) is 19.8 Å². The third-order valence-electron chi connectivity index (χ3n) is 5.16.